The molecule has 1 fully saturated rings. The molecule has 40 heavy (non-hydrogen) atoms. The maximum absolute atomic E-state index is 14.9. The van der Waals surface area contributed by atoms with Crippen LogP contribution in [0.3, 0.4) is 0 Å². The van der Waals surface area contributed by atoms with Gasteiger partial charge < -0.3 is 9.32 Å². The van der Waals surface area contributed by atoms with Gasteiger partial charge in [-0.15, -0.1) is 0 Å². The summed E-state index contributed by atoms with van der Waals surface area (Å²) < 4.78 is 5.91. The maximum atomic E-state index is 14.9. The molecule has 2 aliphatic rings. The first-order chi connectivity index (χ1) is 19.2. The predicted molar refractivity (Wildman–Crippen MR) is 158 cm³/mol. The topological polar surface area (TPSA) is 53.8 Å². The third-order valence-electron chi connectivity index (χ3n) is 8.99. The number of hydrogen-bond acceptors (Lipinski definition) is 4. The summed E-state index contributed by atoms with van der Waals surface area (Å²) in [6.45, 7) is 9.42. The number of para-hydroxylation sites is 1. The minimum atomic E-state index is -1.14. The highest BCUT2D eigenvalue weighted by atomic mass is 16.3. The molecule has 2 aliphatic heterocycles. The monoisotopic (exact) mass is 532 g/mol. The minimum absolute atomic E-state index is 0.0298. The van der Waals surface area contributed by atoms with E-state index in [0.29, 0.717) is 24.6 Å². The second-order valence-corrected chi connectivity index (χ2v) is 11.7. The van der Waals surface area contributed by atoms with Gasteiger partial charge >= 0.3 is 0 Å². The van der Waals surface area contributed by atoms with E-state index in [1.165, 1.54) is 5.56 Å². The van der Waals surface area contributed by atoms with Crippen molar-refractivity contribution in [2.45, 2.75) is 51.6 Å². The number of aryl methyl sites for hydroxylation is 2. The van der Waals surface area contributed by atoms with Crippen LogP contribution >= 0.6 is 0 Å². The van der Waals surface area contributed by atoms with Crippen LogP contribution in [0.15, 0.2) is 89.5 Å². The Morgan fingerprint density at radius 1 is 1.00 bits per heavy atom. The van der Waals surface area contributed by atoms with Crippen molar-refractivity contribution in [3.05, 3.63) is 124 Å². The smallest absolute Gasteiger partial charge is 0.253 e. The van der Waals surface area contributed by atoms with Crippen molar-refractivity contribution < 1.29 is 14.0 Å². The lowest BCUT2D eigenvalue weighted by molar-refractivity contribution is -0.129. The standard InChI is InChI=1S/C35H36N2O3/c1-22(2)25-14-16-26(17-15-25)33(38)32-28(31-11-8-18-40-31)21-36(5)35(32)29-9-6-7-10-30(29)37(34(35)39)20-27-19-23(3)12-13-24(27)4/h6-19,22,28,32H,20-21H2,1-5H3/t28-,32-,35+/m1/s1. The van der Waals surface area contributed by atoms with Crippen molar-refractivity contribution >= 4 is 17.4 Å². The van der Waals surface area contributed by atoms with E-state index in [0.717, 1.165) is 33.7 Å². The van der Waals surface area contributed by atoms with Crippen LogP contribution in [0, 0.1) is 19.8 Å². The van der Waals surface area contributed by atoms with Crippen molar-refractivity contribution in [3.8, 4) is 0 Å². The summed E-state index contributed by atoms with van der Waals surface area (Å²) in [5.74, 6) is 0.104. The fraction of sp³-hybridized carbons (Fsp3) is 0.314. The number of anilines is 1. The number of benzene rings is 3. The zero-order valence-electron chi connectivity index (χ0n) is 23.8. The van der Waals surface area contributed by atoms with Crippen LogP contribution in [0.2, 0.25) is 0 Å². The molecule has 6 rings (SSSR count). The van der Waals surface area contributed by atoms with Crippen LogP contribution in [-0.2, 0) is 16.9 Å². The Kier molecular flexibility index (Phi) is 6.50. The van der Waals surface area contributed by atoms with E-state index in [-0.39, 0.29) is 17.6 Å². The Balaban J connectivity index is 1.51. The van der Waals surface area contributed by atoms with Crippen LogP contribution in [0.4, 0.5) is 5.69 Å². The molecule has 0 unspecified atom stereocenters. The van der Waals surface area contributed by atoms with Gasteiger partial charge in [0.25, 0.3) is 5.91 Å². The van der Waals surface area contributed by atoms with Gasteiger partial charge in [-0.3, -0.25) is 14.5 Å². The average Bonchev–Trinajstić information content (AvgIpc) is 3.65. The number of likely N-dealkylation sites (N-methyl/N-ethyl adjacent to an activating group) is 1. The third kappa shape index (κ3) is 3.95. The van der Waals surface area contributed by atoms with Gasteiger partial charge in [0.15, 0.2) is 5.78 Å². The first-order valence-electron chi connectivity index (χ1n) is 14.1. The SMILES string of the molecule is Cc1ccc(C)c(CN2C(=O)[C@]3(c4ccccc42)[C@@H](C(=O)c2ccc(C(C)C)cc2)[C@@H](c2ccco2)CN3C)c1. The van der Waals surface area contributed by atoms with Crippen LogP contribution in [0.5, 0.6) is 0 Å². The molecule has 3 atom stereocenters. The molecular weight excluding hydrogens is 496 g/mol. The summed E-state index contributed by atoms with van der Waals surface area (Å²) in [5.41, 5.74) is 5.83. The van der Waals surface area contributed by atoms with Gasteiger partial charge in [0.2, 0.25) is 0 Å². The number of fused-ring (bicyclic) bond motifs is 2. The molecule has 204 valence electrons. The van der Waals surface area contributed by atoms with E-state index in [9.17, 15) is 9.59 Å². The Labute approximate surface area is 236 Å². The summed E-state index contributed by atoms with van der Waals surface area (Å²) in [6, 6.07) is 26.0. The van der Waals surface area contributed by atoms with Crippen LogP contribution in [-0.4, -0.2) is 30.2 Å². The predicted octanol–water partition coefficient (Wildman–Crippen LogP) is 6.99. The molecule has 5 heteroatoms. The van der Waals surface area contributed by atoms with Gasteiger partial charge in [0.05, 0.1) is 18.7 Å². The van der Waals surface area contributed by atoms with Crippen molar-refractivity contribution in [2.24, 2.45) is 5.92 Å². The van der Waals surface area contributed by atoms with Crippen molar-refractivity contribution in [1.82, 2.24) is 4.90 Å². The molecule has 1 amide bonds. The van der Waals surface area contributed by atoms with Gasteiger partial charge in [-0.05, 0) is 61.7 Å². The molecule has 5 nitrogen and oxygen atoms in total. The zero-order valence-corrected chi connectivity index (χ0v) is 23.8. The zero-order chi connectivity index (χ0) is 28.2. The second kappa shape index (κ2) is 9.90. The van der Waals surface area contributed by atoms with Crippen molar-refractivity contribution in [1.29, 1.82) is 0 Å². The molecule has 3 aromatic carbocycles. The molecule has 1 aromatic heterocycles. The number of rotatable bonds is 6. The van der Waals surface area contributed by atoms with Gasteiger partial charge in [-0.25, -0.2) is 0 Å². The number of carbonyl (C=O) groups is 2. The van der Waals surface area contributed by atoms with Crippen molar-refractivity contribution in [2.75, 3.05) is 18.5 Å². The van der Waals surface area contributed by atoms with E-state index >= 15 is 0 Å². The molecule has 0 N–H and O–H groups in total. The highest BCUT2D eigenvalue weighted by Gasteiger charge is 2.66. The lowest BCUT2D eigenvalue weighted by Crippen LogP contribution is -2.53. The first-order valence-corrected chi connectivity index (χ1v) is 14.1. The summed E-state index contributed by atoms with van der Waals surface area (Å²) in [4.78, 5) is 33.5. The molecule has 4 aromatic rings. The summed E-state index contributed by atoms with van der Waals surface area (Å²) in [7, 11) is 1.97. The van der Waals surface area contributed by atoms with E-state index in [1.54, 1.807) is 6.26 Å². The number of amides is 1. The number of carbonyl (C=O) groups excluding carboxylic acids is 2. The molecule has 0 radical (unpaired) electrons. The third-order valence-corrected chi connectivity index (χ3v) is 8.99. The summed E-state index contributed by atoms with van der Waals surface area (Å²) in [5, 5.41) is 0. The number of nitrogens with zero attached hydrogens (tertiary/aromatic N) is 2. The minimum Gasteiger partial charge on any atom is -0.469 e. The van der Waals surface area contributed by atoms with Gasteiger partial charge in [-0.2, -0.15) is 0 Å². The largest absolute Gasteiger partial charge is 0.469 e. The number of likely N-dealkylation sites (tertiary alicyclic amines) is 1. The normalized spacial score (nSPS) is 22.4. The Morgan fingerprint density at radius 3 is 2.45 bits per heavy atom. The molecule has 3 heterocycles. The number of hydrogen-bond donors (Lipinski definition) is 0. The van der Waals surface area contributed by atoms with Crippen LogP contribution in [0.1, 0.15) is 69.6 Å². The second-order valence-electron chi connectivity index (χ2n) is 11.7. The lowest BCUT2D eigenvalue weighted by atomic mass is 9.71. The highest BCUT2D eigenvalue weighted by Crippen LogP contribution is 2.57. The fourth-order valence-corrected chi connectivity index (χ4v) is 6.84. The highest BCUT2D eigenvalue weighted by molar-refractivity contribution is 6.13. The molecule has 0 bridgehead atoms. The molecule has 1 spiro atoms. The summed E-state index contributed by atoms with van der Waals surface area (Å²) >= 11 is 0. The number of furan rings is 1. The van der Waals surface area contributed by atoms with E-state index < -0.39 is 11.5 Å². The Hall–Kier alpha value is -3.96. The first kappa shape index (κ1) is 26.3. The number of ketones is 1. The quantitative estimate of drug-likeness (QED) is 0.251. The Bertz CT molecular complexity index is 1570. The fourth-order valence-electron chi connectivity index (χ4n) is 6.84. The summed E-state index contributed by atoms with van der Waals surface area (Å²) in [6.07, 6.45) is 1.65. The molecular formula is C35H36N2O3. The Morgan fingerprint density at radius 2 is 1.75 bits per heavy atom. The maximum Gasteiger partial charge on any atom is 0.253 e. The molecule has 1 saturated heterocycles. The molecule has 0 aliphatic carbocycles. The van der Waals surface area contributed by atoms with Crippen molar-refractivity contribution in [3.63, 3.8) is 0 Å². The van der Waals surface area contributed by atoms with Gasteiger partial charge in [-0.1, -0.05) is 80.1 Å². The van der Waals surface area contributed by atoms with E-state index in [2.05, 4.69) is 50.8 Å². The lowest BCUT2D eigenvalue weighted by Gasteiger charge is -2.36. The van der Waals surface area contributed by atoms with Crippen LogP contribution in [0.25, 0.3) is 0 Å². The van der Waals surface area contributed by atoms with E-state index in [4.69, 9.17) is 4.42 Å². The van der Waals surface area contributed by atoms with Gasteiger partial charge in [0, 0.05) is 29.3 Å². The number of Topliss-reactive ketones (excluding diaryl/α,β-unsaturated/α-hetero) is 1. The van der Waals surface area contributed by atoms with Crippen LogP contribution < -0.4 is 4.90 Å². The molecule has 0 saturated carbocycles. The average molecular weight is 533 g/mol. The van der Waals surface area contributed by atoms with Gasteiger partial charge in [0.1, 0.15) is 11.3 Å². The van der Waals surface area contributed by atoms with E-state index in [1.807, 2.05) is 72.6 Å².